The van der Waals surface area contributed by atoms with Crippen molar-refractivity contribution in [3.8, 4) is 6.07 Å². The Morgan fingerprint density at radius 1 is 1.73 bits per heavy atom. The van der Waals surface area contributed by atoms with Gasteiger partial charge < -0.3 is 15.2 Å². The maximum absolute atomic E-state index is 8.45. The normalized spacial score (nSPS) is 31.3. The lowest BCUT2D eigenvalue weighted by Gasteiger charge is -2.17. The van der Waals surface area contributed by atoms with Crippen molar-refractivity contribution in [2.24, 2.45) is 5.73 Å². The lowest BCUT2D eigenvalue weighted by atomic mass is 10.2. The first-order chi connectivity index (χ1) is 5.05. The highest BCUT2D eigenvalue weighted by atomic mass is 16.7. The Hall–Kier alpha value is -0.630. The van der Waals surface area contributed by atoms with Gasteiger partial charge in [0.15, 0.2) is 5.79 Å². The molecule has 1 fully saturated rings. The monoisotopic (exact) mass is 156 g/mol. The fourth-order valence-electron chi connectivity index (χ4n) is 0.976. The largest absolute Gasteiger partial charge is 0.348 e. The Kier molecular flexibility index (Phi) is 2.14. The van der Waals surface area contributed by atoms with Crippen LogP contribution in [0.3, 0.4) is 0 Å². The van der Waals surface area contributed by atoms with Gasteiger partial charge in [-0.25, -0.2) is 0 Å². The molecular formula is C7H12N2O2. The minimum atomic E-state index is -0.586. The number of nitrogens with two attached hydrogens (primary N) is 1. The molecule has 1 aliphatic rings. The molecule has 0 aromatic rings. The van der Waals surface area contributed by atoms with Gasteiger partial charge in [-0.1, -0.05) is 0 Å². The molecule has 2 atom stereocenters. The first-order valence-electron chi connectivity index (χ1n) is 3.52. The second-order valence-corrected chi connectivity index (χ2v) is 3.02. The molecule has 0 unspecified atom stereocenters. The van der Waals surface area contributed by atoms with Gasteiger partial charge >= 0.3 is 0 Å². The van der Waals surface area contributed by atoms with Gasteiger partial charge in [0.25, 0.3) is 0 Å². The van der Waals surface area contributed by atoms with Crippen LogP contribution in [-0.2, 0) is 9.47 Å². The number of rotatable bonds is 1. The van der Waals surface area contributed by atoms with Gasteiger partial charge in [-0.05, 0) is 13.8 Å². The molecule has 1 rings (SSSR count). The van der Waals surface area contributed by atoms with Crippen molar-refractivity contribution < 1.29 is 9.47 Å². The molecule has 0 bridgehead atoms. The molecule has 62 valence electrons. The van der Waals surface area contributed by atoms with E-state index in [1.165, 1.54) is 0 Å². The average Bonchev–Trinajstić information content (AvgIpc) is 2.29. The zero-order chi connectivity index (χ0) is 8.48. The van der Waals surface area contributed by atoms with E-state index in [0.29, 0.717) is 6.61 Å². The number of nitrogens with zero attached hydrogens (tertiary/aromatic N) is 1. The summed E-state index contributed by atoms with van der Waals surface area (Å²) in [6.07, 6.45) is -0.282. The van der Waals surface area contributed by atoms with Crippen LogP contribution in [0.5, 0.6) is 0 Å². The molecule has 0 aliphatic carbocycles. The lowest BCUT2D eigenvalue weighted by Crippen LogP contribution is -2.36. The highest BCUT2D eigenvalue weighted by Gasteiger charge is 2.35. The molecule has 11 heavy (non-hydrogen) atoms. The summed E-state index contributed by atoms with van der Waals surface area (Å²) in [6.45, 7) is 4.01. The van der Waals surface area contributed by atoms with Gasteiger partial charge in [-0.3, -0.25) is 0 Å². The third kappa shape index (κ3) is 1.90. The summed E-state index contributed by atoms with van der Waals surface area (Å²) in [5, 5.41) is 8.45. The number of hydrogen-bond donors (Lipinski definition) is 1. The van der Waals surface area contributed by atoms with Crippen LogP contribution in [0.4, 0.5) is 0 Å². The van der Waals surface area contributed by atoms with Crippen LogP contribution in [0.15, 0.2) is 0 Å². The maximum Gasteiger partial charge on any atom is 0.163 e. The van der Waals surface area contributed by atoms with Gasteiger partial charge in [0.2, 0.25) is 0 Å². The quantitative estimate of drug-likeness (QED) is 0.579. The predicted molar refractivity (Wildman–Crippen MR) is 38.5 cm³/mol. The Labute approximate surface area is 65.9 Å². The molecule has 2 N–H and O–H groups in total. The van der Waals surface area contributed by atoms with Crippen molar-refractivity contribution in [3.05, 3.63) is 0 Å². The summed E-state index contributed by atoms with van der Waals surface area (Å²) in [4.78, 5) is 0. The van der Waals surface area contributed by atoms with E-state index in [9.17, 15) is 0 Å². The average molecular weight is 156 g/mol. The summed E-state index contributed by atoms with van der Waals surface area (Å²) in [5.74, 6) is -0.584. The van der Waals surface area contributed by atoms with E-state index >= 15 is 0 Å². The van der Waals surface area contributed by atoms with E-state index in [1.54, 1.807) is 13.8 Å². The smallest absolute Gasteiger partial charge is 0.163 e. The molecule has 0 aromatic heterocycles. The molecule has 4 nitrogen and oxygen atoms in total. The highest BCUT2D eigenvalue weighted by Crippen LogP contribution is 2.23. The first kappa shape index (κ1) is 8.47. The molecule has 0 radical (unpaired) electrons. The van der Waals surface area contributed by atoms with Crippen LogP contribution in [0.2, 0.25) is 0 Å². The van der Waals surface area contributed by atoms with Crippen LogP contribution in [0, 0.1) is 11.3 Å². The fraction of sp³-hybridized carbons (Fsp3) is 0.857. The third-order valence-corrected chi connectivity index (χ3v) is 1.58. The molecule has 0 spiro atoms. The van der Waals surface area contributed by atoms with Gasteiger partial charge in [-0.15, -0.1) is 0 Å². The van der Waals surface area contributed by atoms with Crippen LogP contribution in [-0.4, -0.2) is 24.5 Å². The van der Waals surface area contributed by atoms with Gasteiger partial charge in [0.1, 0.15) is 12.1 Å². The molecular weight excluding hydrogens is 144 g/mol. The molecule has 0 saturated carbocycles. The summed E-state index contributed by atoms with van der Waals surface area (Å²) >= 11 is 0. The van der Waals surface area contributed by atoms with E-state index in [1.807, 2.05) is 6.07 Å². The Morgan fingerprint density at radius 3 is 2.73 bits per heavy atom. The van der Waals surface area contributed by atoms with Crippen molar-refractivity contribution in [3.63, 3.8) is 0 Å². The lowest BCUT2D eigenvalue weighted by molar-refractivity contribution is -0.139. The SMILES string of the molecule is CC1(C)OC[C@H]([C@H](N)C#N)O1. The van der Waals surface area contributed by atoms with E-state index in [-0.39, 0.29) is 6.10 Å². The van der Waals surface area contributed by atoms with Gasteiger partial charge in [-0.2, -0.15) is 5.26 Å². The first-order valence-corrected chi connectivity index (χ1v) is 3.52. The third-order valence-electron chi connectivity index (χ3n) is 1.58. The summed E-state index contributed by atoms with van der Waals surface area (Å²) in [7, 11) is 0. The Balaban J connectivity index is 2.50. The van der Waals surface area contributed by atoms with Crippen molar-refractivity contribution in [1.82, 2.24) is 0 Å². The van der Waals surface area contributed by atoms with E-state index < -0.39 is 11.8 Å². The number of nitriles is 1. The van der Waals surface area contributed by atoms with E-state index in [0.717, 1.165) is 0 Å². The van der Waals surface area contributed by atoms with Crippen molar-refractivity contribution in [2.75, 3.05) is 6.61 Å². The van der Waals surface area contributed by atoms with E-state index in [2.05, 4.69) is 0 Å². The summed E-state index contributed by atoms with van der Waals surface area (Å²) in [5.41, 5.74) is 5.43. The standard InChI is InChI=1S/C7H12N2O2/c1-7(2)10-4-6(11-7)5(9)3-8/h5-6H,4,9H2,1-2H3/t5-,6-/m1/s1. The van der Waals surface area contributed by atoms with Gasteiger partial charge in [0, 0.05) is 0 Å². The zero-order valence-corrected chi connectivity index (χ0v) is 6.70. The predicted octanol–water partition coefficient (Wildman–Crippen LogP) is -0.0112. The topological polar surface area (TPSA) is 68.3 Å². The minimum Gasteiger partial charge on any atom is -0.348 e. The van der Waals surface area contributed by atoms with Crippen molar-refractivity contribution >= 4 is 0 Å². The molecule has 1 aliphatic heterocycles. The van der Waals surface area contributed by atoms with Crippen molar-refractivity contribution in [1.29, 1.82) is 5.26 Å². The van der Waals surface area contributed by atoms with E-state index in [4.69, 9.17) is 20.5 Å². The molecule has 0 aromatic carbocycles. The maximum atomic E-state index is 8.45. The summed E-state index contributed by atoms with van der Waals surface area (Å²) in [6, 6.07) is 1.33. The Bertz CT molecular complexity index is 185. The second kappa shape index (κ2) is 2.78. The van der Waals surface area contributed by atoms with Crippen molar-refractivity contribution in [2.45, 2.75) is 31.8 Å². The van der Waals surface area contributed by atoms with Crippen LogP contribution in [0.1, 0.15) is 13.8 Å². The van der Waals surface area contributed by atoms with Crippen LogP contribution in [0.25, 0.3) is 0 Å². The van der Waals surface area contributed by atoms with Crippen LogP contribution >= 0.6 is 0 Å². The highest BCUT2D eigenvalue weighted by molar-refractivity contribution is 4.95. The molecule has 4 heteroatoms. The number of ether oxygens (including phenoxy) is 2. The molecule has 1 saturated heterocycles. The van der Waals surface area contributed by atoms with Crippen LogP contribution < -0.4 is 5.73 Å². The molecule has 0 amide bonds. The number of hydrogen-bond acceptors (Lipinski definition) is 4. The molecule has 1 heterocycles. The Morgan fingerprint density at radius 2 is 2.36 bits per heavy atom. The minimum absolute atomic E-state index is 0.282. The van der Waals surface area contributed by atoms with Gasteiger partial charge in [0.05, 0.1) is 12.7 Å². The summed E-state index contributed by atoms with van der Waals surface area (Å²) < 4.78 is 10.6. The second-order valence-electron chi connectivity index (χ2n) is 3.02. The zero-order valence-electron chi connectivity index (χ0n) is 6.70. The fourth-order valence-corrected chi connectivity index (χ4v) is 0.976.